The quantitative estimate of drug-likeness (QED) is 0.748. The molecule has 0 aromatic heterocycles. The van der Waals surface area contributed by atoms with Gasteiger partial charge in [-0.25, -0.2) is 0 Å². The number of thioether (sulfide) groups is 1. The molecule has 1 aromatic carbocycles. The Morgan fingerprint density at radius 1 is 1.19 bits per heavy atom. The van der Waals surface area contributed by atoms with Gasteiger partial charge in [0, 0.05) is 15.9 Å². The van der Waals surface area contributed by atoms with Gasteiger partial charge in [-0.05, 0) is 52.0 Å². The molecular formula is C15H20BrNO3S. The monoisotopic (exact) mass is 373 g/mol. The van der Waals surface area contributed by atoms with Crippen LogP contribution in [0.4, 0.5) is 0 Å². The topological polar surface area (TPSA) is 66.4 Å². The third-order valence-electron chi connectivity index (χ3n) is 3.00. The first-order valence-electron chi connectivity index (χ1n) is 6.51. The van der Waals surface area contributed by atoms with Crippen LogP contribution in [0.3, 0.4) is 0 Å². The third kappa shape index (κ3) is 5.36. The maximum Gasteiger partial charge on any atom is 0.310 e. The van der Waals surface area contributed by atoms with E-state index in [1.54, 1.807) is 13.8 Å². The van der Waals surface area contributed by atoms with Gasteiger partial charge in [0.2, 0.25) is 5.91 Å². The number of carbonyl (C=O) groups excluding carboxylic acids is 1. The van der Waals surface area contributed by atoms with Crippen molar-refractivity contribution in [3.63, 3.8) is 0 Å². The van der Waals surface area contributed by atoms with Crippen LogP contribution in [-0.2, 0) is 9.59 Å². The van der Waals surface area contributed by atoms with E-state index in [0.29, 0.717) is 0 Å². The highest BCUT2D eigenvalue weighted by Crippen LogP contribution is 2.33. The van der Waals surface area contributed by atoms with E-state index in [4.69, 9.17) is 5.11 Å². The molecule has 1 rings (SSSR count). The zero-order valence-electron chi connectivity index (χ0n) is 12.6. The van der Waals surface area contributed by atoms with Gasteiger partial charge in [-0.2, -0.15) is 0 Å². The number of carbonyl (C=O) groups is 2. The van der Waals surface area contributed by atoms with Crippen LogP contribution in [0.2, 0.25) is 0 Å². The first-order chi connectivity index (χ1) is 9.54. The van der Waals surface area contributed by atoms with E-state index >= 15 is 0 Å². The lowest BCUT2D eigenvalue weighted by Crippen LogP contribution is -2.45. The lowest BCUT2D eigenvalue weighted by atomic mass is 9.93. The predicted molar refractivity (Wildman–Crippen MR) is 88.5 cm³/mol. The summed E-state index contributed by atoms with van der Waals surface area (Å²) in [6.45, 7) is 6.92. The molecule has 0 aliphatic rings. The summed E-state index contributed by atoms with van der Waals surface area (Å²) in [5.74, 6) is -1.11. The van der Waals surface area contributed by atoms with Crippen LogP contribution in [0.25, 0.3) is 0 Å². The highest BCUT2D eigenvalue weighted by Gasteiger charge is 2.33. The van der Waals surface area contributed by atoms with Gasteiger partial charge in [0.15, 0.2) is 0 Å². The smallest absolute Gasteiger partial charge is 0.310 e. The molecule has 6 heteroatoms. The number of aliphatic carboxylic acids is 1. The zero-order valence-corrected chi connectivity index (χ0v) is 15.0. The Kier molecular flexibility index (Phi) is 5.87. The predicted octanol–water partition coefficient (Wildman–Crippen LogP) is 3.55. The first kappa shape index (κ1) is 18.0. The molecular weight excluding hydrogens is 354 g/mol. The summed E-state index contributed by atoms with van der Waals surface area (Å²) in [5, 5.41) is 11.8. The maximum absolute atomic E-state index is 12.3. The molecule has 0 saturated carbocycles. The first-order valence-corrected chi connectivity index (χ1v) is 8.12. The highest BCUT2D eigenvalue weighted by molar-refractivity contribution is 9.10. The van der Waals surface area contributed by atoms with Gasteiger partial charge in [0.25, 0.3) is 0 Å². The molecule has 0 saturated heterocycles. The minimum atomic E-state index is -0.978. The summed E-state index contributed by atoms with van der Waals surface area (Å²) < 4.78 is 0.305. The molecule has 0 spiro atoms. The Bertz CT molecular complexity index is 526. The van der Waals surface area contributed by atoms with Gasteiger partial charge < -0.3 is 10.4 Å². The number of hydrogen-bond acceptors (Lipinski definition) is 3. The Hall–Kier alpha value is -1.01. The fraction of sp³-hybridized carbons (Fsp3) is 0.467. The van der Waals surface area contributed by atoms with Gasteiger partial charge in [-0.1, -0.05) is 15.9 Å². The molecule has 0 heterocycles. The molecule has 1 amide bonds. The van der Waals surface area contributed by atoms with Gasteiger partial charge >= 0.3 is 5.97 Å². The van der Waals surface area contributed by atoms with E-state index in [0.717, 1.165) is 9.37 Å². The summed E-state index contributed by atoms with van der Waals surface area (Å²) in [6, 6.07) is 7.71. The second-order valence-corrected chi connectivity index (χ2v) is 8.55. The van der Waals surface area contributed by atoms with Crippen molar-refractivity contribution in [2.75, 3.05) is 6.54 Å². The van der Waals surface area contributed by atoms with E-state index in [-0.39, 0.29) is 12.5 Å². The second kappa shape index (κ2) is 6.83. The van der Waals surface area contributed by atoms with E-state index in [1.807, 2.05) is 38.1 Å². The summed E-state index contributed by atoms with van der Waals surface area (Å²) >= 11 is 4.81. The van der Waals surface area contributed by atoms with E-state index < -0.39 is 16.1 Å². The lowest BCUT2D eigenvalue weighted by Gasteiger charge is -2.26. The molecule has 0 aliphatic heterocycles. The Labute approximate surface area is 137 Å². The van der Waals surface area contributed by atoms with Crippen molar-refractivity contribution in [2.24, 2.45) is 5.41 Å². The van der Waals surface area contributed by atoms with Crippen molar-refractivity contribution in [1.82, 2.24) is 5.32 Å². The molecule has 1 aromatic rings. The van der Waals surface area contributed by atoms with Crippen LogP contribution < -0.4 is 5.32 Å². The van der Waals surface area contributed by atoms with Crippen LogP contribution in [0, 0.1) is 5.41 Å². The molecule has 116 valence electrons. The molecule has 0 atom stereocenters. The van der Waals surface area contributed by atoms with Gasteiger partial charge in [-0.15, -0.1) is 11.8 Å². The summed E-state index contributed by atoms with van der Waals surface area (Å²) in [6.07, 6.45) is 0. The normalized spacial score (nSPS) is 12.0. The average molecular weight is 374 g/mol. The molecule has 21 heavy (non-hydrogen) atoms. The van der Waals surface area contributed by atoms with Crippen LogP contribution in [0.15, 0.2) is 33.6 Å². The second-order valence-electron chi connectivity index (χ2n) is 5.94. The number of halogens is 1. The highest BCUT2D eigenvalue weighted by atomic mass is 79.9. The van der Waals surface area contributed by atoms with Gasteiger partial charge in [0.1, 0.15) is 0 Å². The van der Waals surface area contributed by atoms with Crippen LogP contribution in [0.1, 0.15) is 27.7 Å². The van der Waals surface area contributed by atoms with Gasteiger partial charge in [0.05, 0.1) is 10.2 Å². The van der Waals surface area contributed by atoms with E-state index in [1.165, 1.54) is 11.8 Å². The Morgan fingerprint density at radius 2 is 1.71 bits per heavy atom. The summed E-state index contributed by atoms with van der Waals surface area (Å²) in [4.78, 5) is 24.3. The number of carboxylic acids is 1. The maximum atomic E-state index is 12.3. The van der Waals surface area contributed by atoms with Gasteiger partial charge in [-0.3, -0.25) is 9.59 Å². The van der Waals surface area contributed by atoms with Crippen LogP contribution in [-0.4, -0.2) is 28.3 Å². The fourth-order valence-electron chi connectivity index (χ4n) is 1.43. The number of carboxylic acid groups (broad SMARTS) is 1. The fourth-order valence-corrected chi connectivity index (χ4v) is 2.72. The minimum Gasteiger partial charge on any atom is -0.481 e. The Morgan fingerprint density at radius 3 is 2.19 bits per heavy atom. The standard InChI is InChI=1S/C15H20BrNO3S/c1-14(2,13(19)20)9-17-12(18)15(3,4)21-11-7-5-10(16)6-8-11/h5-8H,9H2,1-4H3,(H,17,18)(H,19,20). The van der Waals surface area contributed by atoms with Crippen LogP contribution in [0.5, 0.6) is 0 Å². The summed E-state index contributed by atoms with van der Waals surface area (Å²) in [5.41, 5.74) is -0.978. The molecule has 2 N–H and O–H groups in total. The average Bonchev–Trinajstić information content (AvgIpc) is 2.38. The van der Waals surface area contributed by atoms with Crippen molar-refractivity contribution in [3.05, 3.63) is 28.7 Å². The third-order valence-corrected chi connectivity index (χ3v) is 4.74. The number of hydrogen-bond donors (Lipinski definition) is 2. The molecule has 0 fully saturated rings. The minimum absolute atomic E-state index is 0.103. The molecule has 0 aliphatic carbocycles. The SMILES string of the molecule is CC(C)(CNC(=O)C(C)(C)Sc1ccc(Br)cc1)C(=O)O. The molecule has 4 nitrogen and oxygen atoms in total. The van der Waals surface area contributed by atoms with Crippen molar-refractivity contribution in [1.29, 1.82) is 0 Å². The molecule has 0 radical (unpaired) electrons. The van der Waals surface area contributed by atoms with Crippen molar-refractivity contribution in [3.8, 4) is 0 Å². The molecule has 0 bridgehead atoms. The van der Waals surface area contributed by atoms with Crippen molar-refractivity contribution >= 4 is 39.6 Å². The van der Waals surface area contributed by atoms with Crippen LogP contribution >= 0.6 is 27.7 Å². The number of amides is 1. The van der Waals surface area contributed by atoms with E-state index in [9.17, 15) is 9.59 Å². The zero-order chi connectivity index (χ0) is 16.3. The number of rotatable bonds is 6. The number of benzene rings is 1. The lowest BCUT2D eigenvalue weighted by molar-refractivity contribution is -0.146. The van der Waals surface area contributed by atoms with Crippen molar-refractivity contribution < 1.29 is 14.7 Å². The largest absolute Gasteiger partial charge is 0.481 e. The van der Waals surface area contributed by atoms with E-state index in [2.05, 4.69) is 21.2 Å². The Balaban J connectivity index is 2.67. The van der Waals surface area contributed by atoms with Crippen molar-refractivity contribution in [2.45, 2.75) is 37.3 Å². The molecule has 0 unspecified atom stereocenters. The number of nitrogens with one attached hydrogen (secondary N) is 1. The summed E-state index contributed by atoms with van der Waals surface area (Å²) in [7, 11) is 0.